The van der Waals surface area contributed by atoms with Crippen molar-refractivity contribution in [2.45, 2.75) is 25.6 Å². The highest BCUT2D eigenvalue weighted by Crippen LogP contribution is 2.53. The Balaban J connectivity index is 1.93. The van der Waals surface area contributed by atoms with Crippen molar-refractivity contribution in [1.82, 2.24) is 0 Å². The van der Waals surface area contributed by atoms with Gasteiger partial charge >= 0.3 is 0 Å². The predicted molar refractivity (Wildman–Crippen MR) is 89.5 cm³/mol. The molecule has 3 atom stereocenters. The van der Waals surface area contributed by atoms with Crippen molar-refractivity contribution in [3.63, 3.8) is 0 Å². The molecule has 6 heteroatoms. The number of hydrogen-bond donors (Lipinski definition) is 2. The average molecular weight is 344 g/mol. The van der Waals surface area contributed by atoms with Crippen LogP contribution in [-0.2, 0) is 0 Å². The zero-order valence-electron chi connectivity index (χ0n) is 14.3. The molecule has 0 saturated heterocycles. The number of para-hydroxylation sites is 1. The summed E-state index contributed by atoms with van der Waals surface area (Å²) in [5.41, 5.74) is 1.49. The smallest absolute Gasteiger partial charge is 0.231 e. The van der Waals surface area contributed by atoms with Crippen LogP contribution in [-0.4, -0.2) is 29.9 Å². The third-order valence-electron chi connectivity index (χ3n) is 5.09. The van der Waals surface area contributed by atoms with Crippen LogP contribution in [0.3, 0.4) is 0 Å². The minimum Gasteiger partial charge on any atom is -0.504 e. The van der Waals surface area contributed by atoms with E-state index >= 15 is 0 Å². The molecule has 0 saturated carbocycles. The number of phenols is 1. The first-order chi connectivity index (χ1) is 11.9. The zero-order valence-corrected chi connectivity index (χ0v) is 14.3. The van der Waals surface area contributed by atoms with Gasteiger partial charge in [0.1, 0.15) is 5.75 Å². The molecule has 2 aromatic carbocycles. The van der Waals surface area contributed by atoms with Crippen LogP contribution in [0.15, 0.2) is 30.3 Å². The van der Waals surface area contributed by atoms with E-state index in [1.54, 1.807) is 19.1 Å². The first-order valence-corrected chi connectivity index (χ1v) is 8.13. The molecule has 25 heavy (non-hydrogen) atoms. The third kappa shape index (κ3) is 2.36. The summed E-state index contributed by atoms with van der Waals surface area (Å²) in [7, 11) is 1.51. The van der Waals surface area contributed by atoms with Crippen LogP contribution in [0.5, 0.6) is 28.7 Å². The number of aromatic hydroxyl groups is 1. The van der Waals surface area contributed by atoms with Gasteiger partial charge in [0.05, 0.1) is 7.11 Å². The number of ether oxygens (including phenoxy) is 4. The monoisotopic (exact) mass is 344 g/mol. The first-order valence-electron chi connectivity index (χ1n) is 8.13. The summed E-state index contributed by atoms with van der Waals surface area (Å²) in [6, 6.07) is 8.92. The number of phenolic OH excluding ortho intramolecular Hbond substituents is 1. The van der Waals surface area contributed by atoms with Crippen LogP contribution in [0.4, 0.5) is 0 Å². The van der Waals surface area contributed by atoms with Crippen molar-refractivity contribution in [2.24, 2.45) is 5.92 Å². The number of benzene rings is 2. The lowest BCUT2D eigenvalue weighted by Gasteiger charge is -2.42. The summed E-state index contributed by atoms with van der Waals surface area (Å²) in [6.07, 6.45) is 0. The minimum absolute atomic E-state index is 0.0585. The van der Waals surface area contributed by atoms with Gasteiger partial charge in [-0.05, 0) is 12.1 Å². The second-order valence-corrected chi connectivity index (χ2v) is 6.56. The molecule has 2 N–H and O–H groups in total. The summed E-state index contributed by atoms with van der Waals surface area (Å²) in [4.78, 5) is 0. The van der Waals surface area contributed by atoms with E-state index in [-0.39, 0.29) is 24.4 Å². The fourth-order valence-corrected chi connectivity index (χ4v) is 3.56. The van der Waals surface area contributed by atoms with Gasteiger partial charge in [-0.15, -0.1) is 0 Å². The second kappa shape index (κ2) is 5.46. The van der Waals surface area contributed by atoms with E-state index in [4.69, 9.17) is 18.9 Å². The highest BCUT2D eigenvalue weighted by atomic mass is 16.7. The molecular weight excluding hydrogens is 324 g/mol. The van der Waals surface area contributed by atoms with Crippen molar-refractivity contribution in [2.75, 3.05) is 13.9 Å². The summed E-state index contributed by atoms with van der Waals surface area (Å²) in [6.45, 7) is 3.66. The lowest BCUT2D eigenvalue weighted by atomic mass is 9.75. The predicted octanol–water partition coefficient (Wildman–Crippen LogP) is 3.00. The minimum atomic E-state index is -1.40. The van der Waals surface area contributed by atoms with Gasteiger partial charge in [-0.25, -0.2) is 0 Å². The summed E-state index contributed by atoms with van der Waals surface area (Å²) >= 11 is 0. The summed E-state index contributed by atoms with van der Waals surface area (Å²) in [5, 5.41) is 21.4. The van der Waals surface area contributed by atoms with Gasteiger partial charge in [0.25, 0.3) is 0 Å². The van der Waals surface area contributed by atoms with Crippen LogP contribution in [0.2, 0.25) is 0 Å². The van der Waals surface area contributed by atoms with Crippen molar-refractivity contribution >= 4 is 0 Å². The van der Waals surface area contributed by atoms with Crippen LogP contribution in [0.1, 0.15) is 30.9 Å². The molecule has 0 spiro atoms. The molecule has 2 aliphatic heterocycles. The van der Waals surface area contributed by atoms with Crippen molar-refractivity contribution < 1.29 is 29.2 Å². The fraction of sp³-hybridized carbons (Fsp3) is 0.368. The van der Waals surface area contributed by atoms with Crippen LogP contribution in [0.25, 0.3) is 0 Å². The van der Waals surface area contributed by atoms with Crippen molar-refractivity contribution in [3.05, 3.63) is 41.5 Å². The molecule has 2 aromatic rings. The van der Waals surface area contributed by atoms with E-state index in [0.29, 0.717) is 28.6 Å². The molecule has 4 rings (SSSR count). The first kappa shape index (κ1) is 15.9. The maximum atomic E-state index is 10.8. The molecule has 0 fully saturated rings. The topological polar surface area (TPSA) is 77.4 Å². The van der Waals surface area contributed by atoms with E-state index in [1.807, 2.05) is 25.1 Å². The highest BCUT2D eigenvalue weighted by Gasteiger charge is 2.45. The number of fused-ring (bicyclic) bond motifs is 2. The Kier molecular flexibility index (Phi) is 3.47. The Morgan fingerprint density at radius 1 is 1.12 bits per heavy atom. The highest BCUT2D eigenvalue weighted by molar-refractivity contribution is 5.59. The maximum absolute atomic E-state index is 10.8. The molecule has 2 heterocycles. The Morgan fingerprint density at radius 3 is 2.56 bits per heavy atom. The van der Waals surface area contributed by atoms with Gasteiger partial charge in [0.15, 0.2) is 23.0 Å². The Morgan fingerprint density at radius 2 is 1.84 bits per heavy atom. The van der Waals surface area contributed by atoms with E-state index < -0.39 is 5.79 Å². The van der Waals surface area contributed by atoms with E-state index in [9.17, 15) is 10.2 Å². The lowest BCUT2D eigenvalue weighted by Crippen LogP contribution is -2.45. The maximum Gasteiger partial charge on any atom is 0.231 e. The average Bonchev–Trinajstić information content (AvgIpc) is 3.02. The standard InChI is InChI=1S/C19H20O6/c1-10-17(11-5-4-6-13(22-3)18(11)20)12-7-15-16(24-9-23-15)8-14(12)25-19(10,2)21/h4-8,10,17,20-21H,9H2,1-3H3/t10-,17-,19+/m1/s1. The number of aliphatic hydroxyl groups is 1. The van der Waals surface area contributed by atoms with E-state index in [2.05, 4.69) is 0 Å². The van der Waals surface area contributed by atoms with Gasteiger partial charge in [0.2, 0.25) is 12.6 Å². The Hall–Kier alpha value is -2.60. The van der Waals surface area contributed by atoms with Crippen LogP contribution in [0, 0.1) is 5.92 Å². The normalized spacial score (nSPS) is 26.7. The lowest BCUT2D eigenvalue weighted by molar-refractivity contribution is -0.171. The van der Waals surface area contributed by atoms with Crippen LogP contribution >= 0.6 is 0 Å². The molecule has 132 valence electrons. The Bertz CT molecular complexity index is 829. The van der Waals surface area contributed by atoms with Gasteiger partial charge in [-0.2, -0.15) is 0 Å². The van der Waals surface area contributed by atoms with E-state index in [0.717, 1.165) is 5.56 Å². The van der Waals surface area contributed by atoms with E-state index in [1.165, 1.54) is 7.11 Å². The van der Waals surface area contributed by atoms with Crippen LogP contribution < -0.4 is 18.9 Å². The third-order valence-corrected chi connectivity index (χ3v) is 5.09. The molecule has 0 radical (unpaired) electrons. The molecule has 0 bridgehead atoms. The second-order valence-electron chi connectivity index (χ2n) is 6.56. The molecule has 2 aliphatic rings. The summed E-state index contributed by atoms with van der Waals surface area (Å²) in [5.74, 6) is 0.143. The van der Waals surface area contributed by atoms with Gasteiger partial charge < -0.3 is 29.2 Å². The number of rotatable bonds is 2. The summed E-state index contributed by atoms with van der Waals surface area (Å²) < 4.78 is 21.9. The van der Waals surface area contributed by atoms with Gasteiger partial charge in [-0.1, -0.05) is 19.1 Å². The fourth-order valence-electron chi connectivity index (χ4n) is 3.56. The van der Waals surface area contributed by atoms with Crippen molar-refractivity contribution in [3.8, 4) is 28.7 Å². The Labute approximate surface area is 145 Å². The van der Waals surface area contributed by atoms with Crippen molar-refractivity contribution in [1.29, 1.82) is 0 Å². The SMILES string of the molecule is COc1cccc([C@@H]2c3cc4c(cc3O[C@](C)(O)[C@@H]2C)OCO4)c1O. The number of hydrogen-bond acceptors (Lipinski definition) is 6. The molecule has 0 amide bonds. The molecule has 0 aliphatic carbocycles. The molecular formula is C19H20O6. The molecule has 0 aromatic heterocycles. The molecule has 6 nitrogen and oxygen atoms in total. The quantitative estimate of drug-likeness (QED) is 0.872. The molecule has 0 unspecified atom stereocenters. The van der Waals surface area contributed by atoms with Gasteiger partial charge in [-0.3, -0.25) is 0 Å². The largest absolute Gasteiger partial charge is 0.504 e. The van der Waals surface area contributed by atoms with Gasteiger partial charge in [0, 0.05) is 36.0 Å². The zero-order chi connectivity index (χ0) is 17.8. The number of methoxy groups -OCH3 is 1.